The lowest BCUT2D eigenvalue weighted by Gasteiger charge is -2.66. The Bertz CT molecular complexity index is 566. The quantitative estimate of drug-likeness (QED) is 0.679. The number of carbonyl (C=O) groups is 1. The summed E-state index contributed by atoms with van der Waals surface area (Å²) in [4.78, 5) is 12.6. The van der Waals surface area contributed by atoms with Crippen molar-refractivity contribution in [2.45, 2.75) is 92.1 Å². The van der Waals surface area contributed by atoms with Crippen LogP contribution < -0.4 is 0 Å². The number of ketones is 1. The van der Waals surface area contributed by atoms with Crippen LogP contribution >= 0.6 is 0 Å². The maximum Gasteiger partial charge on any atom is 0.138 e. The summed E-state index contributed by atoms with van der Waals surface area (Å²) in [5, 5.41) is 10.7. The highest BCUT2D eigenvalue weighted by Gasteiger charge is 2.67. The molecule has 0 spiro atoms. The molecule has 0 aliphatic heterocycles. The van der Waals surface area contributed by atoms with Crippen LogP contribution in [0.5, 0.6) is 0 Å². The van der Waals surface area contributed by atoms with Crippen LogP contribution in [0.3, 0.4) is 0 Å². The summed E-state index contributed by atoms with van der Waals surface area (Å²) >= 11 is 0. The van der Waals surface area contributed by atoms with E-state index in [4.69, 9.17) is 0 Å². The van der Waals surface area contributed by atoms with Gasteiger partial charge in [0.1, 0.15) is 5.78 Å². The van der Waals surface area contributed by atoms with Crippen molar-refractivity contribution in [2.75, 3.05) is 0 Å². The average molecular weight is 333 g/mol. The lowest BCUT2D eigenvalue weighted by atomic mass is 9.38. The molecule has 0 saturated heterocycles. The van der Waals surface area contributed by atoms with Gasteiger partial charge in [-0.25, -0.2) is 0 Å². The summed E-state index contributed by atoms with van der Waals surface area (Å²) in [5.74, 6) is 2.52. The second-order valence-electron chi connectivity index (χ2n) is 10.9. The van der Waals surface area contributed by atoms with Gasteiger partial charge in [-0.05, 0) is 78.9 Å². The molecule has 0 amide bonds. The smallest absolute Gasteiger partial charge is 0.138 e. The van der Waals surface area contributed by atoms with Crippen LogP contribution in [0.25, 0.3) is 0 Å². The van der Waals surface area contributed by atoms with Gasteiger partial charge in [0, 0.05) is 11.8 Å². The van der Waals surface area contributed by atoms with Gasteiger partial charge in [-0.15, -0.1) is 0 Å². The van der Waals surface area contributed by atoms with Crippen LogP contribution in [0.4, 0.5) is 0 Å². The zero-order chi connectivity index (χ0) is 17.5. The zero-order valence-electron chi connectivity index (χ0n) is 16.3. The summed E-state index contributed by atoms with van der Waals surface area (Å²) in [6, 6.07) is 0. The summed E-state index contributed by atoms with van der Waals surface area (Å²) in [6.45, 7) is 11.8. The van der Waals surface area contributed by atoms with Gasteiger partial charge in [-0.2, -0.15) is 0 Å². The summed E-state index contributed by atoms with van der Waals surface area (Å²) in [6.07, 6.45) is 8.83. The predicted molar refractivity (Wildman–Crippen MR) is 96.5 cm³/mol. The third-order valence-corrected chi connectivity index (χ3v) is 10.1. The fourth-order valence-electron chi connectivity index (χ4n) is 8.27. The Kier molecular flexibility index (Phi) is 3.46. The van der Waals surface area contributed by atoms with E-state index in [-0.39, 0.29) is 22.3 Å². The molecule has 0 bridgehead atoms. The molecule has 4 aliphatic rings. The minimum atomic E-state index is -0.144. The Morgan fingerprint density at radius 3 is 2.21 bits per heavy atom. The molecule has 0 aromatic carbocycles. The molecule has 0 heterocycles. The van der Waals surface area contributed by atoms with E-state index in [2.05, 4.69) is 34.6 Å². The molecule has 24 heavy (non-hydrogen) atoms. The average Bonchev–Trinajstić information content (AvgIpc) is 2.76. The molecule has 4 saturated carbocycles. The van der Waals surface area contributed by atoms with Gasteiger partial charge in [0.05, 0.1) is 6.10 Å². The lowest BCUT2D eigenvalue weighted by molar-refractivity contribution is -0.185. The number of aliphatic hydroxyl groups excluding tert-OH is 1. The van der Waals surface area contributed by atoms with Gasteiger partial charge in [0.15, 0.2) is 0 Å². The topological polar surface area (TPSA) is 37.3 Å². The first-order valence-electron chi connectivity index (χ1n) is 10.3. The number of fused-ring (bicyclic) bond motifs is 5. The Labute approximate surface area is 147 Å². The molecule has 2 nitrogen and oxygen atoms in total. The summed E-state index contributed by atoms with van der Waals surface area (Å²) in [7, 11) is 0. The summed E-state index contributed by atoms with van der Waals surface area (Å²) < 4.78 is 0. The number of aliphatic hydroxyl groups is 1. The Hall–Kier alpha value is -0.370. The van der Waals surface area contributed by atoms with Gasteiger partial charge in [-0.1, -0.05) is 34.6 Å². The Morgan fingerprint density at radius 1 is 0.833 bits per heavy atom. The predicted octanol–water partition coefficient (Wildman–Crippen LogP) is 4.99. The van der Waals surface area contributed by atoms with Gasteiger partial charge < -0.3 is 5.11 Å². The normalized spacial score (nSPS) is 56.3. The molecule has 4 aliphatic carbocycles. The van der Waals surface area contributed by atoms with E-state index in [1.165, 1.54) is 32.1 Å². The van der Waals surface area contributed by atoms with Crippen molar-refractivity contribution in [1.29, 1.82) is 0 Å². The first kappa shape index (κ1) is 17.1. The van der Waals surface area contributed by atoms with Crippen molar-refractivity contribution in [3.63, 3.8) is 0 Å². The minimum absolute atomic E-state index is 0.108. The van der Waals surface area contributed by atoms with E-state index in [9.17, 15) is 9.90 Å². The van der Waals surface area contributed by atoms with E-state index in [1.807, 2.05) is 0 Å². The maximum absolute atomic E-state index is 12.6. The van der Waals surface area contributed by atoms with Crippen molar-refractivity contribution in [2.24, 2.45) is 39.4 Å². The van der Waals surface area contributed by atoms with Crippen molar-refractivity contribution >= 4 is 5.78 Å². The number of hydrogen-bond acceptors (Lipinski definition) is 2. The second kappa shape index (κ2) is 4.87. The minimum Gasteiger partial charge on any atom is -0.393 e. The van der Waals surface area contributed by atoms with E-state index < -0.39 is 0 Å². The highest BCUT2D eigenvalue weighted by molar-refractivity contribution is 5.85. The van der Waals surface area contributed by atoms with Gasteiger partial charge >= 0.3 is 0 Å². The molecule has 136 valence electrons. The van der Waals surface area contributed by atoms with Crippen LogP contribution in [-0.4, -0.2) is 17.0 Å². The number of carbonyl (C=O) groups excluding carboxylic acids is 1. The van der Waals surface area contributed by atoms with Crippen molar-refractivity contribution in [1.82, 2.24) is 0 Å². The van der Waals surface area contributed by atoms with E-state index >= 15 is 0 Å². The van der Waals surface area contributed by atoms with Gasteiger partial charge in [0.2, 0.25) is 0 Å². The molecule has 0 radical (unpaired) electrons. The van der Waals surface area contributed by atoms with E-state index in [1.54, 1.807) is 0 Å². The molecular weight excluding hydrogens is 296 g/mol. The molecule has 2 heteroatoms. The van der Waals surface area contributed by atoms with E-state index in [0.29, 0.717) is 17.1 Å². The summed E-state index contributed by atoms with van der Waals surface area (Å²) in [5.41, 5.74) is 0.569. The molecule has 4 rings (SSSR count). The third kappa shape index (κ3) is 1.79. The zero-order valence-corrected chi connectivity index (χ0v) is 16.3. The highest BCUT2D eigenvalue weighted by Crippen LogP contribution is 2.72. The van der Waals surface area contributed by atoms with Crippen molar-refractivity contribution in [3.8, 4) is 0 Å². The van der Waals surface area contributed by atoms with Gasteiger partial charge in [0.25, 0.3) is 0 Å². The number of rotatable bonds is 0. The van der Waals surface area contributed by atoms with Crippen LogP contribution in [0.2, 0.25) is 0 Å². The van der Waals surface area contributed by atoms with Gasteiger partial charge in [-0.3, -0.25) is 4.79 Å². The Balaban J connectivity index is 1.73. The lowest BCUT2D eigenvalue weighted by Crippen LogP contribution is -2.61. The fourth-order valence-corrected chi connectivity index (χ4v) is 8.27. The van der Waals surface area contributed by atoms with Crippen LogP contribution in [0.1, 0.15) is 86.0 Å². The fraction of sp³-hybridized carbons (Fsp3) is 0.955. The molecule has 4 fully saturated rings. The van der Waals surface area contributed by atoms with Crippen LogP contribution in [0, 0.1) is 39.4 Å². The monoisotopic (exact) mass is 332 g/mol. The molecule has 1 N–H and O–H groups in total. The SMILES string of the molecule is CC1(C)C(=O)CCC2(C)C3CCC4(C)C(O)CCC4(C)C3CCC12. The van der Waals surface area contributed by atoms with Crippen molar-refractivity contribution < 1.29 is 9.90 Å². The van der Waals surface area contributed by atoms with Crippen LogP contribution in [0.15, 0.2) is 0 Å². The molecular formula is C22H36O2. The first-order chi connectivity index (χ1) is 11.1. The molecule has 0 aromatic heterocycles. The number of hydrogen-bond donors (Lipinski definition) is 1. The third-order valence-electron chi connectivity index (χ3n) is 10.1. The second-order valence-corrected chi connectivity index (χ2v) is 10.9. The largest absolute Gasteiger partial charge is 0.393 e. The maximum atomic E-state index is 12.6. The highest BCUT2D eigenvalue weighted by atomic mass is 16.3. The first-order valence-corrected chi connectivity index (χ1v) is 10.3. The Morgan fingerprint density at radius 2 is 1.50 bits per heavy atom. The standard InChI is InChI=1S/C22H36O2/c1-19(2)16-7-6-15-14(20(16,3)11-9-17(19)23)8-12-22(5)18(24)10-13-21(15,22)4/h14-16,18,24H,6-13H2,1-5H3. The van der Waals surface area contributed by atoms with Crippen molar-refractivity contribution in [3.05, 3.63) is 0 Å². The molecule has 7 unspecified atom stereocenters. The number of Topliss-reactive ketones (excluding diaryl/α,β-unsaturated/α-hetero) is 1. The van der Waals surface area contributed by atoms with E-state index in [0.717, 1.165) is 31.1 Å². The molecule has 7 atom stereocenters. The van der Waals surface area contributed by atoms with Crippen LogP contribution in [-0.2, 0) is 4.79 Å². The molecule has 0 aromatic rings.